The van der Waals surface area contributed by atoms with Gasteiger partial charge in [-0.3, -0.25) is 0 Å². The number of pyridine rings is 1. The van der Waals surface area contributed by atoms with E-state index in [0.29, 0.717) is 38.4 Å². The van der Waals surface area contributed by atoms with Crippen LogP contribution in [0.25, 0.3) is 16.8 Å². The minimum absolute atomic E-state index is 0.348. The van der Waals surface area contributed by atoms with Crippen molar-refractivity contribution in [1.29, 1.82) is 0 Å². The summed E-state index contributed by atoms with van der Waals surface area (Å²) in [7, 11) is 39.6. The molecule has 0 bridgehead atoms. The molecule has 33 heavy (non-hydrogen) atoms. The zero-order valence-electron chi connectivity index (χ0n) is 17.9. The Kier molecular flexibility index (Phi) is 5.01. The molecular weight excluding hydrogens is 421 g/mol. The topological polar surface area (TPSA) is 42.2 Å². The summed E-state index contributed by atoms with van der Waals surface area (Å²) in [6.45, 7) is 1.87. The molecule has 2 aromatic carbocycles. The first-order valence-electron chi connectivity index (χ1n) is 10.2. The highest BCUT2D eigenvalue weighted by Crippen LogP contribution is 2.45. The Morgan fingerprint density at radius 1 is 1.00 bits per heavy atom. The Labute approximate surface area is 205 Å². The Morgan fingerprint density at radius 3 is 2.48 bits per heavy atom. The lowest BCUT2D eigenvalue weighted by molar-refractivity contribution is 0.421. The van der Waals surface area contributed by atoms with Crippen molar-refractivity contribution in [3.8, 4) is 11.1 Å². The molecule has 11 heteroatoms. The van der Waals surface area contributed by atoms with E-state index in [0.717, 1.165) is 11.1 Å². The van der Waals surface area contributed by atoms with Gasteiger partial charge in [0, 0.05) is 11.2 Å². The first kappa shape index (κ1) is 22.5. The van der Waals surface area contributed by atoms with E-state index in [2.05, 4.69) is 15.4 Å². The number of halogens is 1. The minimum atomic E-state index is -1.71. The fourth-order valence-electron chi connectivity index (χ4n) is 4.63. The summed E-state index contributed by atoms with van der Waals surface area (Å²) in [6, 6.07) is 12.7. The summed E-state index contributed by atoms with van der Waals surface area (Å²) >= 11 is 6.24. The van der Waals surface area contributed by atoms with Crippen LogP contribution in [-0.4, -0.2) is 67.0 Å². The molecule has 12 radical (unpaired) electrons. The molecule has 2 aromatic heterocycles. The number of aryl methyl sites for hydroxylation is 1. The van der Waals surface area contributed by atoms with Gasteiger partial charge in [-0.1, -0.05) is 46.7 Å². The molecule has 3 heterocycles. The number of hydrogen-bond acceptors (Lipinski definition) is 3. The molecule has 1 N–H and O–H groups in total. The van der Waals surface area contributed by atoms with Crippen molar-refractivity contribution < 1.29 is 0 Å². The molecule has 4 aromatic rings. The van der Waals surface area contributed by atoms with Crippen LogP contribution in [0, 0.1) is 6.92 Å². The SMILES string of the molecule is [B]c1c(-c2ccc3ncnn3c2)ccc2c1C([B])([B])NC([B])([B])C2([B])c1ccc(Cl)c(C)c1. The van der Waals surface area contributed by atoms with E-state index < -0.39 is 16.0 Å². The summed E-state index contributed by atoms with van der Waals surface area (Å²) in [5, 5.41) is 2.89. The summed E-state index contributed by atoms with van der Waals surface area (Å²) in [5.74, 6) is 0. The van der Waals surface area contributed by atoms with Gasteiger partial charge in [0.1, 0.15) is 14.2 Å². The minimum Gasteiger partial charge on any atom is -0.335 e. The monoisotopic (exact) mass is 434 g/mol. The second kappa shape index (κ2) is 7.35. The van der Waals surface area contributed by atoms with Crippen molar-refractivity contribution in [3.05, 3.63) is 82.3 Å². The molecule has 0 aliphatic carbocycles. The van der Waals surface area contributed by atoms with E-state index in [1.165, 1.54) is 6.33 Å². The Morgan fingerprint density at radius 2 is 1.76 bits per heavy atom. The van der Waals surface area contributed by atoms with Crippen LogP contribution in [0.5, 0.6) is 0 Å². The largest absolute Gasteiger partial charge is 0.335 e. The second-order valence-electron chi connectivity index (χ2n) is 8.56. The van der Waals surface area contributed by atoms with E-state index >= 15 is 0 Å². The highest BCUT2D eigenvalue weighted by molar-refractivity contribution is 6.51. The molecule has 0 saturated carbocycles. The number of nitrogens with one attached hydrogen (secondary N) is 1. The maximum atomic E-state index is 6.98. The van der Waals surface area contributed by atoms with Gasteiger partial charge in [0.15, 0.2) is 5.65 Å². The smallest absolute Gasteiger partial charge is 0.155 e. The Bertz CT molecular complexity index is 1420. The molecule has 1 aliphatic heterocycles. The first-order valence-corrected chi connectivity index (χ1v) is 10.6. The van der Waals surface area contributed by atoms with Crippen molar-refractivity contribution in [3.63, 3.8) is 0 Å². The number of benzene rings is 2. The summed E-state index contributed by atoms with van der Waals surface area (Å²) < 4.78 is 1.65. The Hall–Kier alpha value is -2.30. The Balaban J connectivity index is 1.78. The van der Waals surface area contributed by atoms with Gasteiger partial charge < -0.3 is 5.32 Å². The van der Waals surface area contributed by atoms with Gasteiger partial charge in [0.25, 0.3) is 0 Å². The zero-order chi connectivity index (χ0) is 23.8. The maximum absolute atomic E-state index is 6.98. The van der Waals surface area contributed by atoms with Crippen LogP contribution in [0.3, 0.4) is 0 Å². The molecule has 4 nitrogen and oxygen atoms in total. The van der Waals surface area contributed by atoms with Crippen molar-refractivity contribution in [2.24, 2.45) is 0 Å². The lowest BCUT2D eigenvalue weighted by Gasteiger charge is -2.59. The van der Waals surface area contributed by atoms with Gasteiger partial charge in [-0.2, -0.15) is 5.10 Å². The molecule has 1 atom stereocenters. The standard InChI is InChI=1S/C22H13B6ClN4/c1-11-8-13(3-6-16(11)29)20(24)15-5-4-14(12-2-7-17-30-10-31-33(17)9-12)19(23)18(15)21(25,26)32-22(20,27)28/h2-10,32H,1H3. The van der Waals surface area contributed by atoms with Crippen LogP contribution >= 0.6 is 11.6 Å². The van der Waals surface area contributed by atoms with Gasteiger partial charge in [-0.05, 0) is 69.2 Å². The molecule has 5 rings (SSSR count). The quantitative estimate of drug-likeness (QED) is 0.471. The second-order valence-corrected chi connectivity index (χ2v) is 8.97. The molecule has 1 unspecified atom stereocenters. The number of rotatable bonds is 2. The predicted molar refractivity (Wildman–Crippen MR) is 137 cm³/mol. The van der Waals surface area contributed by atoms with Crippen molar-refractivity contribution >= 4 is 69.8 Å². The van der Waals surface area contributed by atoms with E-state index in [-0.39, 0.29) is 0 Å². The lowest BCUT2D eigenvalue weighted by Crippen LogP contribution is -2.73. The van der Waals surface area contributed by atoms with Gasteiger partial charge >= 0.3 is 0 Å². The van der Waals surface area contributed by atoms with E-state index in [1.54, 1.807) is 22.7 Å². The normalized spacial score (nSPS) is 21.0. The fourth-order valence-corrected chi connectivity index (χ4v) is 4.75. The van der Waals surface area contributed by atoms with Crippen LogP contribution in [0.2, 0.25) is 5.02 Å². The molecule has 0 amide bonds. The van der Waals surface area contributed by atoms with Gasteiger partial charge in [-0.25, -0.2) is 9.50 Å². The number of aromatic nitrogens is 3. The van der Waals surface area contributed by atoms with Crippen molar-refractivity contribution in [2.75, 3.05) is 0 Å². The molecule has 0 saturated heterocycles. The van der Waals surface area contributed by atoms with Crippen molar-refractivity contribution in [2.45, 2.75) is 22.9 Å². The van der Waals surface area contributed by atoms with Gasteiger partial charge in [0.2, 0.25) is 0 Å². The average molecular weight is 434 g/mol. The van der Waals surface area contributed by atoms with Crippen molar-refractivity contribution in [1.82, 2.24) is 19.9 Å². The highest BCUT2D eigenvalue weighted by Gasteiger charge is 2.50. The van der Waals surface area contributed by atoms with Crippen LogP contribution < -0.4 is 10.8 Å². The first-order chi connectivity index (χ1) is 15.5. The number of fused-ring (bicyclic) bond motifs is 2. The van der Waals surface area contributed by atoms with E-state index in [4.69, 9.17) is 58.7 Å². The third kappa shape index (κ3) is 3.25. The predicted octanol–water partition coefficient (Wildman–Crippen LogP) is 0.605. The van der Waals surface area contributed by atoms with Gasteiger partial charge in [-0.15, -0.1) is 0 Å². The molecule has 0 spiro atoms. The number of hydrogen-bond donors (Lipinski definition) is 1. The van der Waals surface area contributed by atoms with Crippen LogP contribution in [0.1, 0.15) is 22.3 Å². The van der Waals surface area contributed by atoms with Gasteiger partial charge in [0.05, 0.1) is 39.2 Å². The van der Waals surface area contributed by atoms with E-state index in [9.17, 15) is 0 Å². The third-order valence-corrected chi connectivity index (χ3v) is 6.77. The molecule has 1 aliphatic rings. The average Bonchev–Trinajstić information content (AvgIpc) is 3.21. The highest BCUT2D eigenvalue weighted by atomic mass is 35.5. The molecule has 0 fully saturated rings. The maximum Gasteiger partial charge on any atom is 0.155 e. The fraction of sp³-hybridized carbons (Fsp3) is 0.182. The molecule has 146 valence electrons. The third-order valence-electron chi connectivity index (χ3n) is 6.35. The lowest BCUT2D eigenvalue weighted by atomic mass is 9.32. The molecular formula is C22H13B6ClN4. The summed E-state index contributed by atoms with van der Waals surface area (Å²) in [6.07, 6.45) is 3.29. The van der Waals surface area contributed by atoms with Crippen LogP contribution in [0.15, 0.2) is 55.0 Å². The van der Waals surface area contributed by atoms with E-state index in [1.807, 2.05) is 37.4 Å². The van der Waals surface area contributed by atoms with Crippen LogP contribution in [0.4, 0.5) is 0 Å². The summed E-state index contributed by atoms with van der Waals surface area (Å²) in [5.41, 5.74) is 4.92. The van der Waals surface area contributed by atoms with Crippen LogP contribution in [-0.2, 0) is 10.7 Å². The number of nitrogens with zero attached hydrogens (tertiary/aromatic N) is 3. The zero-order valence-corrected chi connectivity index (χ0v) is 18.6. The summed E-state index contributed by atoms with van der Waals surface area (Å²) in [4.78, 5) is 4.17.